The average Bonchev–Trinajstić information content (AvgIpc) is 2.40. The zero-order valence-corrected chi connectivity index (χ0v) is 11.7. The molecule has 1 unspecified atom stereocenters. The Hall–Kier alpha value is -2.01. The molecule has 1 fully saturated rings. The minimum Gasteiger partial charge on any atom is -0.478 e. The smallest absolute Gasteiger partial charge is 0.328 e. The number of carbonyl (C=O) groups excluding carboxylic acids is 1. The van der Waals surface area contributed by atoms with Gasteiger partial charge < -0.3 is 15.3 Å². The summed E-state index contributed by atoms with van der Waals surface area (Å²) in [7, 11) is 0. The quantitative estimate of drug-likeness (QED) is 0.834. The minimum absolute atomic E-state index is 0.0118. The van der Waals surface area contributed by atoms with E-state index in [-0.39, 0.29) is 11.9 Å². The summed E-state index contributed by atoms with van der Waals surface area (Å²) in [5.74, 6) is -1.03. The highest BCUT2D eigenvalue weighted by atomic mass is 35.5. The van der Waals surface area contributed by atoms with E-state index in [1.54, 1.807) is 12.1 Å². The number of carboxylic acid groups (broad SMARTS) is 1. The highest BCUT2D eigenvalue weighted by molar-refractivity contribution is 6.32. The molecule has 5 nitrogen and oxygen atoms in total. The van der Waals surface area contributed by atoms with Gasteiger partial charge in [0.05, 0.1) is 0 Å². The summed E-state index contributed by atoms with van der Waals surface area (Å²) in [5.41, 5.74) is 1.48. The number of aliphatic carboxylic acids is 1. The standard InChI is InChI=1S/C14H15ClN2O3/c1-9-14(20)16-6-7-17(9)11-4-2-10(12(15)8-11)3-5-13(18)19/h2-5,8-9H,6-7H2,1H3,(H,16,20)(H,18,19)/b5-3+. The number of piperazine rings is 1. The second-order valence-corrected chi connectivity index (χ2v) is 4.94. The molecule has 1 saturated heterocycles. The van der Waals surface area contributed by atoms with E-state index >= 15 is 0 Å². The van der Waals surface area contributed by atoms with E-state index in [0.29, 0.717) is 23.7 Å². The number of hydrogen-bond donors (Lipinski definition) is 2. The Balaban J connectivity index is 2.24. The van der Waals surface area contributed by atoms with Gasteiger partial charge in [-0.15, -0.1) is 0 Å². The fourth-order valence-electron chi connectivity index (χ4n) is 2.13. The van der Waals surface area contributed by atoms with Crippen molar-refractivity contribution < 1.29 is 14.7 Å². The number of nitrogens with zero attached hydrogens (tertiary/aromatic N) is 1. The Bertz CT molecular complexity index is 572. The van der Waals surface area contributed by atoms with E-state index in [0.717, 1.165) is 11.8 Å². The maximum absolute atomic E-state index is 11.6. The molecule has 1 aromatic rings. The summed E-state index contributed by atoms with van der Waals surface area (Å²) in [6.45, 7) is 3.15. The third-order valence-electron chi connectivity index (χ3n) is 3.22. The van der Waals surface area contributed by atoms with Gasteiger partial charge in [0.15, 0.2) is 0 Å². The predicted molar refractivity (Wildman–Crippen MR) is 77.9 cm³/mol. The van der Waals surface area contributed by atoms with Crippen molar-refractivity contribution in [3.8, 4) is 0 Å². The molecule has 0 saturated carbocycles. The number of carboxylic acids is 1. The summed E-state index contributed by atoms with van der Waals surface area (Å²) in [4.78, 5) is 24.1. The highest BCUT2D eigenvalue weighted by Crippen LogP contribution is 2.26. The van der Waals surface area contributed by atoms with Crippen LogP contribution in [0.25, 0.3) is 6.08 Å². The molecule has 1 aromatic carbocycles. The number of carbonyl (C=O) groups is 2. The molecule has 2 rings (SSSR count). The van der Waals surface area contributed by atoms with Crippen molar-refractivity contribution in [2.75, 3.05) is 18.0 Å². The molecule has 0 bridgehead atoms. The molecule has 2 N–H and O–H groups in total. The van der Waals surface area contributed by atoms with Crippen LogP contribution in [-0.2, 0) is 9.59 Å². The maximum atomic E-state index is 11.6. The van der Waals surface area contributed by atoms with E-state index in [2.05, 4.69) is 5.32 Å². The number of rotatable bonds is 3. The lowest BCUT2D eigenvalue weighted by Crippen LogP contribution is -2.54. The summed E-state index contributed by atoms with van der Waals surface area (Å²) in [5, 5.41) is 11.9. The molecule has 0 aromatic heterocycles. The predicted octanol–water partition coefficient (Wildman–Crippen LogP) is 1.76. The van der Waals surface area contributed by atoms with Gasteiger partial charge in [0, 0.05) is 29.9 Å². The van der Waals surface area contributed by atoms with Gasteiger partial charge in [-0.2, -0.15) is 0 Å². The average molecular weight is 295 g/mol. The van der Waals surface area contributed by atoms with E-state index < -0.39 is 5.97 Å². The van der Waals surface area contributed by atoms with Gasteiger partial charge in [-0.1, -0.05) is 17.7 Å². The zero-order valence-electron chi connectivity index (χ0n) is 11.0. The minimum atomic E-state index is -1.02. The van der Waals surface area contributed by atoms with Crippen molar-refractivity contribution in [3.63, 3.8) is 0 Å². The number of benzene rings is 1. The Kier molecular flexibility index (Phi) is 4.29. The van der Waals surface area contributed by atoms with Gasteiger partial charge >= 0.3 is 5.97 Å². The first kappa shape index (κ1) is 14.4. The Labute approximate surface area is 121 Å². The lowest BCUT2D eigenvalue weighted by atomic mass is 10.1. The third-order valence-corrected chi connectivity index (χ3v) is 3.55. The molecule has 1 amide bonds. The second kappa shape index (κ2) is 5.96. The van der Waals surface area contributed by atoms with Crippen molar-refractivity contribution in [1.82, 2.24) is 5.32 Å². The van der Waals surface area contributed by atoms with Gasteiger partial charge in [-0.3, -0.25) is 4.79 Å². The van der Waals surface area contributed by atoms with E-state index in [1.807, 2.05) is 17.9 Å². The van der Waals surface area contributed by atoms with Crippen LogP contribution >= 0.6 is 11.6 Å². The highest BCUT2D eigenvalue weighted by Gasteiger charge is 2.25. The van der Waals surface area contributed by atoms with Crippen LogP contribution in [0.4, 0.5) is 5.69 Å². The van der Waals surface area contributed by atoms with Gasteiger partial charge in [0.2, 0.25) is 5.91 Å². The molecule has 1 aliphatic rings. The monoisotopic (exact) mass is 294 g/mol. The molecule has 1 heterocycles. The van der Waals surface area contributed by atoms with Crippen LogP contribution < -0.4 is 10.2 Å². The summed E-state index contributed by atoms with van der Waals surface area (Å²) in [6.07, 6.45) is 2.48. The van der Waals surface area contributed by atoms with Crippen molar-refractivity contribution in [2.24, 2.45) is 0 Å². The normalized spacial score (nSPS) is 19.2. The van der Waals surface area contributed by atoms with Crippen LogP contribution in [0, 0.1) is 0 Å². The molecule has 0 radical (unpaired) electrons. The van der Waals surface area contributed by atoms with Crippen LogP contribution in [0.1, 0.15) is 12.5 Å². The number of nitrogens with one attached hydrogen (secondary N) is 1. The number of hydrogen-bond acceptors (Lipinski definition) is 3. The van der Waals surface area contributed by atoms with Crippen LogP contribution in [-0.4, -0.2) is 36.1 Å². The van der Waals surface area contributed by atoms with E-state index in [1.165, 1.54) is 6.08 Å². The van der Waals surface area contributed by atoms with Gasteiger partial charge in [0.25, 0.3) is 0 Å². The SMILES string of the molecule is CC1C(=O)NCCN1c1ccc(/C=C/C(=O)O)c(Cl)c1. The first-order valence-electron chi connectivity index (χ1n) is 6.24. The lowest BCUT2D eigenvalue weighted by molar-refractivity contribution is -0.131. The number of anilines is 1. The topological polar surface area (TPSA) is 69.6 Å². The number of halogens is 1. The van der Waals surface area contributed by atoms with Crippen molar-refractivity contribution in [3.05, 3.63) is 34.9 Å². The molecule has 106 valence electrons. The zero-order chi connectivity index (χ0) is 14.7. The van der Waals surface area contributed by atoms with Gasteiger partial charge in [0.1, 0.15) is 6.04 Å². The van der Waals surface area contributed by atoms with Crippen molar-refractivity contribution in [1.29, 1.82) is 0 Å². The van der Waals surface area contributed by atoms with E-state index in [9.17, 15) is 9.59 Å². The van der Waals surface area contributed by atoms with Gasteiger partial charge in [-0.25, -0.2) is 4.79 Å². The first-order chi connectivity index (χ1) is 9.49. The molecular formula is C14H15ClN2O3. The first-order valence-corrected chi connectivity index (χ1v) is 6.62. The third kappa shape index (κ3) is 3.11. The lowest BCUT2D eigenvalue weighted by Gasteiger charge is -2.34. The summed E-state index contributed by atoms with van der Waals surface area (Å²) < 4.78 is 0. The molecule has 0 spiro atoms. The Morgan fingerprint density at radius 2 is 2.30 bits per heavy atom. The van der Waals surface area contributed by atoms with Crippen LogP contribution in [0.2, 0.25) is 5.02 Å². The Morgan fingerprint density at radius 1 is 1.55 bits per heavy atom. The van der Waals surface area contributed by atoms with Gasteiger partial charge in [-0.05, 0) is 30.7 Å². The summed E-state index contributed by atoms with van der Waals surface area (Å²) >= 11 is 6.14. The molecule has 1 aliphatic heterocycles. The van der Waals surface area contributed by atoms with Crippen LogP contribution in [0.5, 0.6) is 0 Å². The fraction of sp³-hybridized carbons (Fsp3) is 0.286. The molecule has 20 heavy (non-hydrogen) atoms. The maximum Gasteiger partial charge on any atom is 0.328 e. The second-order valence-electron chi connectivity index (χ2n) is 4.54. The molecule has 0 aliphatic carbocycles. The van der Waals surface area contributed by atoms with E-state index in [4.69, 9.17) is 16.7 Å². The molecular weight excluding hydrogens is 280 g/mol. The van der Waals surface area contributed by atoms with Crippen LogP contribution in [0.15, 0.2) is 24.3 Å². The molecule has 6 heteroatoms. The Morgan fingerprint density at radius 3 is 2.95 bits per heavy atom. The molecule has 1 atom stereocenters. The van der Waals surface area contributed by atoms with Crippen LogP contribution in [0.3, 0.4) is 0 Å². The van der Waals surface area contributed by atoms with Crippen molar-refractivity contribution in [2.45, 2.75) is 13.0 Å². The largest absolute Gasteiger partial charge is 0.478 e. The fourth-order valence-corrected chi connectivity index (χ4v) is 2.36. The number of amides is 1. The summed E-state index contributed by atoms with van der Waals surface area (Å²) in [6, 6.07) is 5.08. The van der Waals surface area contributed by atoms with Crippen molar-refractivity contribution >= 4 is 35.2 Å².